The van der Waals surface area contributed by atoms with Gasteiger partial charge in [0, 0.05) is 5.56 Å². The lowest BCUT2D eigenvalue weighted by Crippen LogP contribution is -2.10. The molecule has 3 aromatic carbocycles. The number of carbonyl (C=O) groups is 1. The number of nitrogen functional groups attached to an aromatic ring is 1. The van der Waals surface area contributed by atoms with Gasteiger partial charge in [-0.2, -0.15) is 0 Å². The maximum Gasteiger partial charge on any atom is 0.341 e. The summed E-state index contributed by atoms with van der Waals surface area (Å²) in [6.45, 7) is -0.430. The Hall–Kier alpha value is -4.86. The van der Waals surface area contributed by atoms with Gasteiger partial charge in [0.2, 0.25) is 0 Å². The fourth-order valence-electron chi connectivity index (χ4n) is 4.54. The number of benzene rings is 3. The van der Waals surface area contributed by atoms with Crippen LogP contribution in [0.2, 0.25) is 0 Å². The van der Waals surface area contributed by atoms with Crippen LogP contribution in [0.4, 0.5) is 0 Å². The minimum atomic E-state index is -1.05. The van der Waals surface area contributed by atoms with E-state index < -0.39 is 12.6 Å². The van der Waals surface area contributed by atoms with E-state index in [2.05, 4.69) is 9.97 Å². The molecular weight excluding hydrogens is 484 g/mol. The number of H-pyrrole nitrogens is 2. The molecule has 0 radical (unpaired) electrons. The molecule has 0 aliphatic heterocycles. The molecule has 0 bridgehead atoms. The number of amidine groups is 1. The third kappa shape index (κ3) is 5.29. The lowest BCUT2D eigenvalue weighted by molar-refractivity contribution is -0.139. The molecule has 5 aromatic rings. The van der Waals surface area contributed by atoms with Gasteiger partial charge in [0.1, 0.15) is 17.5 Å². The largest absolute Gasteiger partial charge is 0.493 e. The zero-order valence-electron chi connectivity index (χ0n) is 20.8. The van der Waals surface area contributed by atoms with Crippen LogP contribution < -0.4 is 15.2 Å². The second-order valence-electron chi connectivity index (χ2n) is 9.02. The number of para-hydroxylation sites is 2. The summed E-state index contributed by atoms with van der Waals surface area (Å²) in [6.07, 6.45) is 2.36. The third-order valence-corrected chi connectivity index (χ3v) is 6.42. The summed E-state index contributed by atoms with van der Waals surface area (Å²) in [5.74, 6) is 1.34. The van der Waals surface area contributed by atoms with Crippen molar-refractivity contribution in [2.75, 3.05) is 13.7 Å². The maximum atomic E-state index is 10.8. The molecule has 0 saturated heterocycles. The molecular formula is C28H28N6O4. The van der Waals surface area contributed by atoms with Crippen molar-refractivity contribution in [2.24, 2.45) is 5.73 Å². The molecule has 0 saturated carbocycles. The predicted molar refractivity (Wildman–Crippen MR) is 144 cm³/mol. The van der Waals surface area contributed by atoms with Crippen molar-refractivity contribution < 1.29 is 19.4 Å². The van der Waals surface area contributed by atoms with Crippen LogP contribution in [0.5, 0.6) is 11.5 Å². The molecule has 10 heteroatoms. The van der Waals surface area contributed by atoms with Gasteiger partial charge >= 0.3 is 5.97 Å². The van der Waals surface area contributed by atoms with Crippen LogP contribution in [0, 0.1) is 5.41 Å². The molecule has 0 spiro atoms. The van der Waals surface area contributed by atoms with E-state index in [1.54, 1.807) is 12.1 Å². The van der Waals surface area contributed by atoms with Crippen LogP contribution >= 0.6 is 0 Å². The number of aromatic nitrogens is 4. The molecule has 5 rings (SSSR count). The zero-order chi connectivity index (χ0) is 26.6. The van der Waals surface area contributed by atoms with Gasteiger partial charge in [0.05, 0.1) is 35.1 Å². The summed E-state index contributed by atoms with van der Waals surface area (Å²) in [6, 6.07) is 18.9. The van der Waals surface area contributed by atoms with E-state index in [-0.39, 0.29) is 11.8 Å². The van der Waals surface area contributed by atoms with Crippen LogP contribution in [0.1, 0.15) is 41.5 Å². The highest BCUT2D eigenvalue weighted by Crippen LogP contribution is 2.32. The Morgan fingerprint density at radius 1 is 1.00 bits per heavy atom. The van der Waals surface area contributed by atoms with Gasteiger partial charge in [0.15, 0.2) is 18.1 Å². The monoisotopic (exact) mass is 512 g/mol. The Labute approximate surface area is 218 Å². The SMILES string of the molecule is COc1cc(CCCC(c2nc3ccccc3[nH]2)c2nc3cc(C(=N)N)ccc3[nH]2)ccc1OCC(=O)O. The number of aromatic amines is 2. The highest BCUT2D eigenvalue weighted by molar-refractivity contribution is 5.98. The maximum absolute atomic E-state index is 10.8. The standard InChI is InChI=1S/C28H28N6O4/c1-37-24-13-16(9-12-23(24)38-15-25(35)36)5-4-6-18(27-31-19-7-2-3-8-20(19)32-27)28-33-21-11-10-17(26(29)30)14-22(21)34-28/h2-3,7-14,18H,4-6,15H2,1H3,(H3,29,30)(H,31,32)(H,33,34)(H,35,36). The van der Waals surface area contributed by atoms with E-state index in [0.717, 1.165) is 58.5 Å². The van der Waals surface area contributed by atoms with Crippen molar-refractivity contribution in [1.82, 2.24) is 19.9 Å². The summed E-state index contributed by atoms with van der Waals surface area (Å²) in [5, 5.41) is 16.6. The molecule has 38 heavy (non-hydrogen) atoms. The van der Waals surface area contributed by atoms with Gasteiger partial charge in [-0.25, -0.2) is 14.8 Å². The van der Waals surface area contributed by atoms with E-state index in [4.69, 9.17) is 35.7 Å². The minimum absolute atomic E-state index is 0.0000843. The van der Waals surface area contributed by atoms with Gasteiger partial charge in [0.25, 0.3) is 0 Å². The minimum Gasteiger partial charge on any atom is -0.493 e. The first-order valence-corrected chi connectivity index (χ1v) is 12.2. The van der Waals surface area contributed by atoms with Crippen LogP contribution in [-0.2, 0) is 11.2 Å². The number of rotatable bonds is 11. The number of imidazole rings is 2. The molecule has 1 unspecified atom stereocenters. The molecule has 0 amide bonds. The molecule has 2 aromatic heterocycles. The fraction of sp³-hybridized carbons (Fsp3) is 0.214. The van der Waals surface area contributed by atoms with Crippen molar-refractivity contribution in [2.45, 2.75) is 25.2 Å². The Morgan fingerprint density at radius 2 is 1.74 bits per heavy atom. The number of aliphatic carboxylic acids is 1. The van der Waals surface area contributed by atoms with Crippen molar-refractivity contribution in [3.8, 4) is 11.5 Å². The van der Waals surface area contributed by atoms with E-state index >= 15 is 0 Å². The van der Waals surface area contributed by atoms with E-state index in [9.17, 15) is 4.79 Å². The second kappa shape index (κ2) is 10.6. The van der Waals surface area contributed by atoms with Gasteiger partial charge in [-0.05, 0) is 67.3 Å². The number of fused-ring (bicyclic) bond motifs is 2. The fourth-order valence-corrected chi connectivity index (χ4v) is 4.54. The van der Waals surface area contributed by atoms with Gasteiger partial charge in [-0.3, -0.25) is 5.41 Å². The number of carboxylic acids is 1. The van der Waals surface area contributed by atoms with Crippen LogP contribution in [0.15, 0.2) is 60.7 Å². The highest BCUT2D eigenvalue weighted by atomic mass is 16.5. The highest BCUT2D eigenvalue weighted by Gasteiger charge is 2.22. The Balaban J connectivity index is 1.40. The number of nitrogens with two attached hydrogens (primary N) is 1. The summed E-state index contributed by atoms with van der Waals surface area (Å²) in [4.78, 5) is 27.4. The zero-order valence-corrected chi connectivity index (χ0v) is 20.8. The quantitative estimate of drug-likeness (QED) is 0.130. The molecule has 6 N–H and O–H groups in total. The summed E-state index contributed by atoms with van der Waals surface area (Å²) >= 11 is 0. The smallest absolute Gasteiger partial charge is 0.341 e. The number of aryl methyl sites for hydroxylation is 1. The normalized spacial score (nSPS) is 12.0. The lowest BCUT2D eigenvalue weighted by Gasteiger charge is -2.14. The average molecular weight is 513 g/mol. The van der Waals surface area contributed by atoms with Crippen LogP contribution in [-0.4, -0.2) is 50.6 Å². The summed E-state index contributed by atoms with van der Waals surface area (Å²) < 4.78 is 10.7. The average Bonchev–Trinajstić information content (AvgIpc) is 3.53. The number of carboxylic acid groups (broad SMARTS) is 1. The van der Waals surface area contributed by atoms with Crippen molar-refractivity contribution in [3.05, 3.63) is 83.4 Å². The van der Waals surface area contributed by atoms with Crippen molar-refractivity contribution in [1.29, 1.82) is 5.41 Å². The first-order chi connectivity index (χ1) is 18.4. The lowest BCUT2D eigenvalue weighted by atomic mass is 9.98. The van der Waals surface area contributed by atoms with Crippen LogP contribution in [0.25, 0.3) is 22.1 Å². The first-order valence-electron chi connectivity index (χ1n) is 12.2. The number of nitrogens with one attached hydrogen (secondary N) is 3. The van der Waals surface area contributed by atoms with Gasteiger partial charge in [-0.1, -0.05) is 18.2 Å². The summed E-state index contributed by atoms with van der Waals surface area (Å²) in [7, 11) is 1.53. The van der Waals surface area contributed by atoms with Crippen molar-refractivity contribution >= 4 is 33.9 Å². The topological polar surface area (TPSA) is 163 Å². The van der Waals surface area contributed by atoms with Gasteiger partial charge < -0.3 is 30.3 Å². The Bertz CT molecular complexity index is 1590. The van der Waals surface area contributed by atoms with Crippen molar-refractivity contribution in [3.63, 3.8) is 0 Å². The Morgan fingerprint density at radius 3 is 2.45 bits per heavy atom. The molecule has 1 atom stereocenters. The number of hydrogen-bond acceptors (Lipinski definition) is 6. The van der Waals surface area contributed by atoms with E-state index in [0.29, 0.717) is 17.1 Å². The number of hydrogen-bond donors (Lipinski definition) is 5. The van der Waals surface area contributed by atoms with Crippen LogP contribution in [0.3, 0.4) is 0 Å². The first kappa shape index (κ1) is 24.8. The molecule has 10 nitrogen and oxygen atoms in total. The molecule has 2 heterocycles. The molecule has 0 fully saturated rings. The molecule has 194 valence electrons. The predicted octanol–water partition coefficient (Wildman–Crippen LogP) is 4.35. The summed E-state index contributed by atoms with van der Waals surface area (Å²) in [5.41, 5.74) is 10.8. The van der Waals surface area contributed by atoms with E-state index in [1.165, 1.54) is 7.11 Å². The third-order valence-electron chi connectivity index (χ3n) is 6.42. The Kier molecular flexibility index (Phi) is 6.94. The number of ether oxygens (including phenoxy) is 2. The molecule has 0 aliphatic rings. The van der Waals surface area contributed by atoms with E-state index in [1.807, 2.05) is 48.5 Å². The number of nitrogens with zero attached hydrogens (tertiary/aromatic N) is 2. The molecule has 0 aliphatic carbocycles. The number of methoxy groups -OCH3 is 1. The second-order valence-corrected chi connectivity index (χ2v) is 9.02. The van der Waals surface area contributed by atoms with Gasteiger partial charge in [-0.15, -0.1) is 0 Å².